The van der Waals surface area contributed by atoms with Gasteiger partial charge in [0, 0.05) is 57.8 Å². The van der Waals surface area contributed by atoms with Crippen molar-refractivity contribution in [1.29, 1.82) is 0 Å². The first-order valence-electron chi connectivity index (χ1n) is 13.1. The number of nitrogens with zero attached hydrogens (tertiary/aromatic N) is 3. The smallest absolute Gasteiger partial charge is 0.337 e. The Bertz CT molecular complexity index is 1030. The van der Waals surface area contributed by atoms with Gasteiger partial charge in [-0.3, -0.25) is 14.6 Å². The van der Waals surface area contributed by atoms with Gasteiger partial charge in [-0.15, -0.1) is 0 Å². The highest BCUT2D eigenvalue weighted by molar-refractivity contribution is 5.89. The van der Waals surface area contributed by atoms with Gasteiger partial charge in [-0.2, -0.15) is 0 Å². The fraction of sp³-hybridized carbons (Fsp3) is 0.517. The monoisotopic (exact) mass is 475 g/mol. The molecule has 3 aliphatic rings. The number of carbonyl (C=O) groups is 2. The van der Waals surface area contributed by atoms with Crippen molar-refractivity contribution < 1.29 is 14.3 Å². The Morgan fingerprint density at radius 3 is 2.20 bits per heavy atom. The van der Waals surface area contributed by atoms with Crippen LogP contribution in [0.1, 0.15) is 52.7 Å². The molecule has 186 valence electrons. The number of amides is 1. The van der Waals surface area contributed by atoms with Gasteiger partial charge in [-0.1, -0.05) is 36.4 Å². The number of hydrogen-bond acceptors (Lipinski definition) is 5. The van der Waals surface area contributed by atoms with E-state index in [-0.39, 0.29) is 11.9 Å². The number of benzene rings is 2. The maximum absolute atomic E-state index is 12.9. The second-order valence-corrected chi connectivity index (χ2v) is 10.2. The van der Waals surface area contributed by atoms with Crippen molar-refractivity contribution in [3.63, 3.8) is 0 Å². The summed E-state index contributed by atoms with van der Waals surface area (Å²) in [6.45, 7) is 5.87. The van der Waals surface area contributed by atoms with Crippen molar-refractivity contribution in [3.05, 3.63) is 70.8 Å². The summed E-state index contributed by atoms with van der Waals surface area (Å²) in [5, 5.41) is 0. The van der Waals surface area contributed by atoms with Gasteiger partial charge in [0.15, 0.2) is 0 Å². The first-order valence-corrected chi connectivity index (χ1v) is 13.1. The average Bonchev–Trinajstić information content (AvgIpc) is 3.09. The number of hydrogen-bond donors (Lipinski definition) is 0. The van der Waals surface area contributed by atoms with E-state index in [1.807, 2.05) is 17.0 Å². The molecule has 2 fully saturated rings. The topological polar surface area (TPSA) is 53.1 Å². The van der Waals surface area contributed by atoms with Gasteiger partial charge < -0.3 is 9.64 Å². The molecule has 35 heavy (non-hydrogen) atoms. The van der Waals surface area contributed by atoms with Gasteiger partial charge in [-0.05, 0) is 60.9 Å². The molecule has 0 aromatic heterocycles. The summed E-state index contributed by atoms with van der Waals surface area (Å²) >= 11 is 0. The molecule has 0 bridgehead atoms. The molecule has 0 saturated carbocycles. The van der Waals surface area contributed by atoms with Crippen LogP contribution in [-0.4, -0.2) is 78.5 Å². The summed E-state index contributed by atoms with van der Waals surface area (Å²) in [5.41, 5.74) is 4.66. The molecule has 2 unspecified atom stereocenters. The predicted octanol–water partition coefficient (Wildman–Crippen LogP) is 3.53. The fourth-order valence-electron chi connectivity index (χ4n) is 6.10. The zero-order chi connectivity index (χ0) is 24.2. The lowest BCUT2D eigenvalue weighted by molar-refractivity contribution is -0.131. The third kappa shape index (κ3) is 5.60. The van der Waals surface area contributed by atoms with Crippen molar-refractivity contribution in [2.75, 3.05) is 39.8 Å². The number of ether oxygens (including phenoxy) is 1. The Labute approximate surface area is 208 Å². The van der Waals surface area contributed by atoms with Crippen LogP contribution in [0.5, 0.6) is 0 Å². The van der Waals surface area contributed by atoms with E-state index < -0.39 is 0 Å². The minimum Gasteiger partial charge on any atom is -0.465 e. The van der Waals surface area contributed by atoms with Crippen molar-refractivity contribution in [2.24, 2.45) is 0 Å². The Morgan fingerprint density at radius 1 is 0.829 bits per heavy atom. The Morgan fingerprint density at radius 2 is 1.49 bits per heavy atom. The van der Waals surface area contributed by atoms with Crippen LogP contribution in [0.3, 0.4) is 0 Å². The normalized spacial score (nSPS) is 24.0. The number of piperazine rings is 1. The molecular formula is C29H37N3O3. The molecule has 2 aromatic carbocycles. The number of likely N-dealkylation sites (tertiary alicyclic amines) is 1. The van der Waals surface area contributed by atoms with Gasteiger partial charge in [0.05, 0.1) is 12.7 Å². The molecule has 6 heteroatoms. The number of aryl methyl sites for hydroxylation is 1. The molecule has 1 aliphatic carbocycles. The minimum atomic E-state index is -0.335. The van der Waals surface area contributed by atoms with Crippen molar-refractivity contribution in [1.82, 2.24) is 14.7 Å². The van der Waals surface area contributed by atoms with E-state index in [9.17, 15) is 9.59 Å². The molecule has 0 spiro atoms. The van der Waals surface area contributed by atoms with Crippen LogP contribution in [0.25, 0.3) is 0 Å². The SMILES string of the molecule is COC(=O)c1ccc(CN2CCC(N3CCN(C4CCc5ccccc5C4)CC3)CCC2=O)cc1. The van der Waals surface area contributed by atoms with E-state index in [0.717, 1.165) is 51.1 Å². The number of methoxy groups -OCH3 is 1. The minimum absolute atomic E-state index is 0.240. The summed E-state index contributed by atoms with van der Waals surface area (Å²) in [4.78, 5) is 31.8. The Kier molecular flexibility index (Phi) is 7.49. The molecule has 0 N–H and O–H groups in total. The largest absolute Gasteiger partial charge is 0.465 e. The van der Waals surface area contributed by atoms with Crippen molar-refractivity contribution in [2.45, 2.75) is 57.2 Å². The molecule has 2 aromatic rings. The van der Waals surface area contributed by atoms with Gasteiger partial charge in [0.2, 0.25) is 5.91 Å². The molecule has 2 atom stereocenters. The quantitative estimate of drug-likeness (QED) is 0.620. The van der Waals surface area contributed by atoms with Gasteiger partial charge in [0.1, 0.15) is 0 Å². The van der Waals surface area contributed by atoms with Crippen LogP contribution in [0.15, 0.2) is 48.5 Å². The van der Waals surface area contributed by atoms with Crippen LogP contribution in [0.4, 0.5) is 0 Å². The summed E-state index contributed by atoms with van der Waals surface area (Å²) in [6.07, 6.45) is 6.25. The molecule has 2 aliphatic heterocycles. The first kappa shape index (κ1) is 24.0. The molecule has 2 heterocycles. The van der Waals surface area contributed by atoms with Crippen LogP contribution >= 0.6 is 0 Å². The van der Waals surface area contributed by atoms with Crippen molar-refractivity contribution in [3.8, 4) is 0 Å². The molecule has 6 nitrogen and oxygen atoms in total. The lowest BCUT2D eigenvalue weighted by atomic mass is 9.87. The molecular weight excluding hydrogens is 438 g/mol. The Balaban J connectivity index is 1.12. The summed E-state index contributed by atoms with van der Waals surface area (Å²) in [7, 11) is 1.39. The number of esters is 1. The second-order valence-electron chi connectivity index (χ2n) is 10.2. The Hall–Kier alpha value is -2.70. The predicted molar refractivity (Wildman–Crippen MR) is 136 cm³/mol. The molecule has 2 saturated heterocycles. The van der Waals surface area contributed by atoms with Crippen LogP contribution in [-0.2, 0) is 28.9 Å². The molecule has 0 radical (unpaired) electrons. The maximum atomic E-state index is 12.9. The van der Waals surface area contributed by atoms with E-state index in [2.05, 4.69) is 34.1 Å². The van der Waals surface area contributed by atoms with Crippen LogP contribution in [0, 0.1) is 0 Å². The van der Waals surface area contributed by atoms with Gasteiger partial charge in [0.25, 0.3) is 0 Å². The lowest BCUT2D eigenvalue weighted by Gasteiger charge is -2.43. The highest BCUT2D eigenvalue weighted by Gasteiger charge is 2.31. The zero-order valence-corrected chi connectivity index (χ0v) is 20.8. The molecule has 1 amide bonds. The highest BCUT2D eigenvalue weighted by atomic mass is 16.5. The summed E-state index contributed by atoms with van der Waals surface area (Å²) in [5.74, 6) is -0.0947. The molecule has 5 rings (SSSR count). The zero-order valence-electron chi connectivity index (χ0n) is 20.8. The van der Waals surface area contributed by atoms with Crippen molar-refractivity contribution >= 4 is 11.9 Å². The van der Waals surface area contributed by atoms with E-state index in [1.165, 1.54) is 37.5 Å². The summed E-state index contributed by atoms with van der Waals surface area (Å²) < 4.78 is 4.77. The number of carbonyl (C=O) groups excluding carboxylic acids is 2. The maximum Gasteiger partial charge on any atom is 0.337 e. The van der Waals surface area contributed by atoms with E-state index in [1.54, 1.807) is 12.1 Å². The third-order valence-electron chi connectivity index (χ3n) is 8.23. The van der Waals surface area contributed by atoms with Crippen LogP contribution in [0.2, 0.25) is 0 Å². The fourth-order valence-corrected chi connectivity index (χ4v) is 6.10. The van der Waals surface area contributed by atoms with Gasteiger partial charge >= 0.3 is 5.97 Å². The standard InChI is InChI=1S/C29H37N3O3/c1-35-29(34)24-8-6-22(7-9-24)21-32-15-14-26(12-13-28(32)33)30-16-18-31(19-17-30)27-11-10-23-4-2-3-5-25(23)20-27/h2-9,26-27H,10-21H2,1H3. The first-order chi connectivity index (χ1) is 17.1. The van der Waals surface area contributed by atoms with Gasteiger partial charge in [-0.25, -0.2) is 4.79 Å². The third-order valence-corrected chi connectivity index (χ3v) is 8.23. The van der Waals surface area contributed by atoms with Crippen LogP contribution < -0.4 is 0 Å². The highest BCUT2D eigenvalue weighted by Crippen LogP contribution is 2.27. The number of rotatable bonds is 5. The number of fused-ring (bicyclic) bond motifs is 1. The van der Waals surface area contributed by atoms with E-state index in [4.69, 9.17) is 4.74 Å². The van der Waals surface area contributed by atoms with E-state index in [0.29, 0.717) is 30.6 Å². The lowest BCUT2D eigenvalue weighted by Crippen LogP contribution is -2.54. The second kappa shape index (κ2) is 10.9. The van der Waals surface area contributed by atoms with E-state index >= 15 is 0 Å². The summed E-state index contributed by atoms with van der Waals surface area (Å²) in [6, 6.07) is 17.5. The average molecular weight is 476 g/mol.